The highest BCUT2D eigenvalue weighted by Gasteiger charge is 2.74. The largest absolute Gasteiger partial charge is 0.497 e. The second kappa shape index (κ2) is 12.3. The van der Waals surface area contributed by atoms with E-state index in [2.05, 4.69) is 0 Å². The van der Waals surface area contributed by atoms with E-state index in [0.29, 0.717) is 61.8 Å². The molecule has 4 aliphatic heterocycles. The van der Waals surface area contributed by atoms with Crippen molar-refractivity contribution in [3.05, 3.63) is 72.8 Å². The first-order chi connectivity index (χ1) is 21.8. The highest BCUT2D eigenvalue weighted by Crippen LogP contribution is 2.57. The zero-order chi connectivity index (χ0) is 31.8. The lowest BCUT2D eigenvalue weighted by molar-refractivity contribution is -0.144. The molecule has 1 unspecified atom stereocenters. The van der Waals surface area contributed by atoms with Crippen molar-refractivity contribution < 1.29 is 33.7 Å². The van der Waals surface area contributed by atoms with E-state index in [4.69, 9.17) is 14.2 Å². The number of ether oxygens (including phenoxy) is 3. The van der Waals surface area contributed by atoms with E-state index in [-0.39, 0.29) is 30.9 Å². The van der Waals surface area contributed by atoms with Gasteiger partial charge in [0.25, 0.3) is 5.91 Å². The van der Waals surface area contributed by atoms with Crippen LogP contribution >= 0.6 is 0 Å². The van der Waals surface area contributed by atoms with Gasteiger partial charge in [0.2, 0.25) is 11.8 Å². The second-order valence-electron chi connectivity index (χ2n) is 12.1. The fraction of sp³-hybridized carbons (Fsp3) is 0.457. The Labute approximate surface area is 263 Å². The van der Waals surface area contributed by atoms with Crippen molar-refractivity contribution in [2.45, 2.75) is 50.4 Å². The third kappa shape index (κ3) is 5.19. The van der Waals surface area contributed by atoms with Gasteiger partial charge < -0.3 is 34.0 Å². The molecule has 1 spiro atoms. The molecule has 0 saturated carbocycles. The number of unbranched alkanes of at least 4 members (excludes halogenated alkanes) is 2. The van der Waals surface area contributed by atoms with E-state index >= 15 is 0 Å². The maximum Gasteiger partial charge on any atom is 0.253 e. The molecular weight excluding hydrogens is 574 g/mol. The average molecular weight is 616 g/mol. The number of carbonyl (C=O) groups is 3. The molecule has 2 aromatic rings. The van der Waals surface area contributed by atoms with Crippen LogP contribution in [-0.4, -0.2) is 84.9 Å². The SMILES string of the molecule is CCOc1ccc(N2CC=C[C@@]3(C)O[C@]45C=CCN(c6ccc(OC)cc6)C(=O)C4N(CCCCCO)C(=O)[C@@H]5[C@H]3C2=O)cc1. The van der Waals surface area contributed by atoms with Gasteiger partial charge in [-0.1, -0.05) is 24.3 Å². The average Bonchev–Trinajstić information content (AvgIpc) is 3.30. The second-order valence-corrected chi connectivity index (χ2v) is 12.1. The Morgan fingerprint density at radius 1 is 0.822 bits per heavy atom. The van der Waals surface area contributed by atoms with Gasteiger partial charge in [0.1, 0.15) is 23.1 Å². The number of hydrogen-bond donors (Lipinski definition) is 1. The number of aliphatic hydroxyl groups excluding tert-OH is 1. The highest BCUT2D eigenvalue weighted by atomic mass is 16.5. The Morgan fingerprint density at radius 3 is 2.07 bits per heavy atom. The Kier molecular flexibility index (Phi) is 8.45. The van der Waals surface area contributed by atoms with Crippen LogP contribution in [0.2, 0.25) is 0 Å². The number of anilines is 2. The van der Waals surface area contributed by atoms with Gasteiger partial charge in [-0.3, -0.25) is 14.4 Å². The number of methoxy groups -OCH3 is 1. The van der Waals surface area contributed by atoms with E-state index in [1.165, 1.54) is 0 Å². The van der Waals surface area contributed by atoms with Crippen molar-refractivity contribution in [2.75, 3.05) is 49.8 Å². The number of amides is 3. The van der Waals surface area contributed by atoms with Crippen LogP contribution in [0, 0.1) is 11.8 Å². The minimum absolute atomic E-state index is 0.0581. The minimum atomic E-state index is -1.34. The molecule has 3 amide bonds. The molecule has 4 aliphatic rings. The van der Waals surface area contributed by atoms with E-state index in [1.807, 2.05) is 74.5 Å². The number of rotatable bonds is 10. The summed E-state index contributed by atoms with van der Waals surface area (Å²) in [6, 6.07) is 13.6. The lowest BCUT2D eigenvalue weighted by Gasteiger charge is -2.37. The van der Waals surface area contributed by atoms with Crippen LogP contribution in [-0.2, 0) is 19.1 Å². The van der Waals surface area contributed by atoms with Gasteiger partial charge in [0.05, 0.1) is 31.2 Å². The molecule has 2 saturated heterocycles. The topological polar surface area (TPSA) is 109 Å². The molecule has 2 fully saturated rings. The molecule has 0 radical (unpaired) electrons. The van der Waals surface area contributed by atoms with Crippen LogP contribution < -0.4 is 19.3 Å². The van der Waals surface area contributed by atoms with Crippen molar-refractivity contribution in [2.24, 2.45) is 11.8 Å². The number of likely N-dealkylation sites (tertiary alicyclic amines) is 1. The standard InChI is InChI=1S/C35H41N3O7/c1-4-44-27-16-12-24(13-17-27)36-21-8-18-34(2)28(31(36)40)29-32(41)38(20-6-5-7-23-39)30-33(42)37(22-9-19-35(29,30)45-34)25-10-14-26(43-3)15-11-25/h8-19,28-30,39H,4-7,20-23H2,1-3H3/t28-,29-,30?,34+,35-/m0/s1. The number of hydrogen-bond acceptors (Lipinski definition) is 7. The zero-order valence-corrected chi connectivity index (χ0v) is 26.1. The summed E-state index contributed by atoms with van der Waals surface area (Å²) >= 11 is 0. The molecule has 1 N–H and O–H groups in total. The van der Waals surface area contributed by atoms with Crippen molar-refractivity contribution in [3.63, 3.8) is 0 Å². The summed E-state index contributed by atoms with van der Waals surface area (Å²) in [4.78, 5) is 48.7. The highest BCUT2D eigenvalue weighted by molar-refractivity contribution is 6.07. The number of fused-ring (bicyclic) bond motifs is 2. The lowest BCUT2D eigenvalue weighted by atomic mass is 9.74. The third-order valence-electron chi connectivity index (χ3n) is 9.46. The summed E-state index contributed by atoms with van der Waals surface area (Å²) in [6.07, 6.45) is 9.44. The normalized spacial score (nSPS) is 28.9. The van der Waals surface area contributed by atoms with Gasteiger partial charge in [-0.25, -0.2) is 0 Å². The summed E-state index contributed by atoms with van der Waals surface area (Å²) in [5.74, 6) is -1.12. The monoisotopic (exact) mass is 615 g/mol. The molecule has 0 aromatic heterocycles. The van der Waals surface area contributed by atoms with Crippen LogP contribution in [0.3, 0.4) is 0 Å². The predicted octanol–water partition coefficient (Wildman–Crippen LogP) is 3.73. The van der Waals surface area contributed by atoms with E-state index in [9.17, 15) is 19.5 Å². The number of benzene rings is 2. The summed E-state index contributed by atoms with van der Waals surface area (Å²) in [6.45, 7) is 5.29. The number of aliphatic hydroxyl groups is 1. The molecule has 10 heteroatoms. The fourth-order valence-corrected chi connectivity index (χ4v) is 7.45. The zero-order valence-electron chi connectivity index (χ0n) is 26.1. The first kappa shape index (κ1) is 30.9. The van der Waals surface area contributed by atoms with Crippen molar-refractivity contribution in [1.82, 2.24) is 4.90 Å². The van der Waals surface area contributed by atoms with E-state index in [0.717, 1.165) is 0 Å². The van der Waals surface area contributed by atoms with E-state index < -0.39 is 29.1 Å². The Morgan fingerprint density at radius 2 is 1.44 bits per heavy atom. The molecule has 0 bridgehead atoms. The summed E-state index contributed by atoms with van der Waals surface area (Å²) in [7, 11) is 1.59. The first-order valence-electron chi connectivity index (χ1n) is 15.7. The molecule has 5 atom stereocenters. The van der Waals surface area contributed by atoms with Gasteiger partial charge in [-0.15, -0.1) is 0 Å². The molecule has 6 rings (SSSR count). The predicted molar refractivity (Wildman–Crippen MR) is 169 cm³/mol. The van der Waals surface area contributed by atoms with Crippen molar-refractivity contribution >= 4 is 29.1 Å². The molecule has 45 heavy (non-hydrogen) atoms. The molecule has 0 aliphatic carbocycles. The Bertz CT molecular complexity index is 1490. The van der Waals surface area contributed by atoms with Gasteiger partial charge in [0.15, 0.2) is 0 Å². The van der Waals surface area contributed by atoms with Crippen LogP contribution in [0.5, 0.6) is 11.5 Å². The molecule has 238 valence electrons. The van der Waals surface area contributed by atoms with Crippen molar-refractivity contribution in [3.8, 4) is 11.5 Å². The van der Waals surface area contributed by atoms with Crippen LogP contribution in [0.15, 0.2) is 72.8 Å². The van der Waals surface area contributed by atoms with Crippen LogP contribution in [0.4, 0.5) is 11.4 Å². The Balaban J connectivity index is 1.40. The van der Waals surface area contributed by atoms with Crippen LogP contribution in [0.1, 0.15) is 33.1 Å². The smallest absolute Gasteiger partial charge is 0.253 e. The quantitative estimate of drug-likeness (QED) is 0.321. The molecular formula is C35H41N3O7. The lowest BCUT2D eigenvalue weighted by Crippen LogP contribution is -2.56. The molecule has 4 heterocycles. The molecule has 10 nitrogen and oxygen atoms in total. The summed E-state index contributed by atoms with van der Waals surface area (Å²) < 4.78 is 17.9. The number of nitrogens with zero attached hydrogens (tertiary/aromatic N) is 3. The number of carbonyl (C=O) groups excluding carboxylic acids is 3. The maximum absolute atomic E-state index is 14.6. The van der Waals surface area contributed by atoms with Gasteiger partial charge in [0, 0.05) is 37.6 Å². The Hall–Kier alpha value is -4.15. The van der Waals surface area contributed by atoms with Gasteiger partial charge >= 0.3 is 0 Å². The van der Waals surface area contributed by atoms with E-state index in [1.54, 1.807) is 33.9 Å². The fourth-order valence-electron chi connectivity index (χ4n) is 7.45. The minimum Gasteiger partial charge on any atom is -0.497 e. The van der Waals surface area contributed by atoms with Gasteiger partial charge in [-0.2, -0.15) is 0 Å². The summed E-state index contributed by atoms with van der Waals surface area (Å²) in [5, 5.41) is 9.34. The van der Waals surface area contributed by atoms with Gasteiger partial charge in [-0.05, 0) is 81.6 Å². The first-order valence-corrected chi connectivity index (χ1v) is 15.7. The van der Waals surface area contributed by atoms with Crippen molar-refractivity contribution in [1.29, 1.82) is 0 Å². The molecule has 2 aromatic carbocycles. The summed E-state index contributed by atoms with van der Waals surface area (Å²) in [5.41, 5.74) is -1.08. The van der Waals surface area contributed by atoms with Crippen LogP contribution in [0.25, 0.3) is 0 Å². The third-order valence-corrected chi connectivity index (χ3v) is 9.46. The maximum atomic E-state index is 14.6.